The van der Waals surface area contributed by atoms with Crippen LogP contribution < -0.4 is 4.90 Å². The van der Waals surface area contributed by atoms with Gasteiger partial charge in [-0.3, -0.25) is 5.41 Å². The maximum Gasteiger partial charge on any atom is 0.217 e. The third kappa shape index (κ3) is 1.96. The first-order valence-corrected chi connectivity index (χ1v) is 9.37. The van der Waals surface area contributed by atoms with Gasteiger partial charge in [-0.2, -0.15) is 15.8 Å². The van der Waals surface area contributed by atoms with Gasteiger partial charge < -0.3 is 14.4 Å². The molecule has 1 aromatic rings. The number of hydrogen-bond donors (Lipinski definition) is 1. The highest BCUT2D eigenvalue weighted by Crippen LogP contribution is 2.69. The SMILES string of the molecule is CN(C)c1ccc([C@H]2O[C@@]34CCCC[C@H]3[C@@](C#N)(C(=N)O4)C2(C#N)C#N)cc1. The number of hydrogen-bond acceptors (Lipinski definition) is 7. The average Bonchev–Trinajstić information content (AvgIpc) is 2.92. The Morgan fingerprint density at radius 3 is 2.32 bits per heavy atom. The molecule has 0 amide bonds. The fraction of sp³-hybridized carbons (Fsp3) is 0.524. The van der Waals surface area contributed by atoms with Gasteiger partial charge in [0.1, 0.15) is 6.10 Å². The van der Waals surface area contributed by atoms with Crippen molar-refractivity contribution in [3.8, 4) is 18.2 Å². The highest BCUT2D eigenvalue weighted by molar-refractivity contribution is 5.89. The van der Waals surface area contributed by atoms with E-state index in [-0.39, 0.29) is 5.90 Å². The molecule has 0 spiro atoms. The second-order valence-electron chi connectivity index (χ2n) is 7.98. The van der Waals surface area contributed by atoms with Gasteiger partial charge in [0.25, 0.3) is 0 Å². The molecule has 7 heteroatoms. The molecule has 142 valence electrons. The van der Waals surface area contributed by atoms with E-state index in [9.17, 15) is 15.8 Å². The second-order valence-corrected chi connectivity index (χ2v) is 7.98. The van der Waals surface area contributed by atoms with Crippen molar-refractivity contribution in [2.45, 2.75) is 37.6 Å². The summed E-state index contributed by atoms with van der Waals surface area (Å²) in [5.41, 5.74) is -1.90. The van der Waals surface area contributed by atoms with Gasteiger partial charge in [-0.05, 0) is 30.5 Å². The molecule has 2 saturated heterocycles. The first-order chi connectivity index (χ1) is 13.4. The molecule has 1 saturated carbocycles. The zero-order valence-electron chi connectivity index (χ0n) is 15.9. The zero-order valence-corrected chi connectivity index (χ0v) is 15.9. The van der Waals surface area contributed by atoms with Crippen molar-refractivity contribution in [2.24, 2.45) is 16.7 Å². The zero-order chi connectivity index (χ0) is 20.2. The lowest BCUT2D eigenvalue weighted by Crippen LogP contribution is -2.60. The van der Waals surface area contributed by atoms with E-state index in [4.69, 9.17) is 14.9 Å². The normalized spacial score (nSPS) is 34.9. The van der Waals surface area contributed by atoms with Crippen LogP contribution in [0.1, 0.15) is 37.4 Å². The van der Waals surface area contributed by atoms with Gasteiger partial charge >= 0.3 is 0 Å². The monoisotopic (exact) mass is 375 g/mol. The van der Waals surface area contributed by atoms with E-state index in [1.807, 2.05) is 43.3 Å². The van der Waals surface area contributed by atoms with E-state index in [1.54, 1.807) is 0 Å². The third-order valence-corrected chi connectivity index (χ3v) is 6.53. The Balaban J connectivity index is 1.93. The van der Waals surface area contributed by atoms with Crippen LogP contribution in [0.15, 0.2) is 24.3 Å². The molecule has 1 aliphatic carbocycles. The van der Waals surface area contributed by atoms with E-state index >= 15 is 0 Å². The molecule has 28 heavy (non-hydrogen) atoms. The number of anilines is 1. The topological polar surface area (TPSA) is 117 Å². The van der Waals surface area contributed by atoms with Crippen LogP contribution >= 0.6 is 0 Å². The van der Waals surface area contributed by atoms with E-state index in [1.165, 1.54) is 0 Å². The Hall–Kier alpha value is -3.08. The average molecular weight is 375 g/mol. The fourth-order valence-corrected chi connectivity index (χ4v) is 5.11. The molecule has 3 aliphatic rings. The Kier molecular flexibility index (Phi) is 3.89. The van der Waals surface area contributed by atoms with Gasteiger partial charge in [0.05, 0.1) is 24.1 Å². The molecule has 2 bridgehead atoms. The molecular weight excluding hydrogens is 354 g/mol. The van der Waals surface area contributed by atoms with Crippen LogP contribution in [0.3, 0.4) is 0 Å². The summed E-state index contributed by atoms with van der Waals surface area (Å²) in [6, 6.07) is 13.8. The molecule has 2 heterocycles. The summed E-state index contributed by atoms with van der Waals surface area (Å²) < 4.78 is 12.2. The lowest BCUT2D eigenvalue weighted by atomic mass is 9.51. The first kappa shape index (κ1) is 18.3. The van der Waals surface area contributed by atoms with E-state index in [2.05, 4.69) is 18.2 Å². The second kappa shape index (κ2) is 5.96. The largest absolute Gasteiger partial charge is 0.447 e. The van der Waals surface area contributed by atoms with Crippen molar-refractivity contribution in [2.75, 3.05) is 19.0 Å². The smallest absolute Gasteiger partial charge is 0.217 e. The van der Waals surface area contributed by atoms with E-state index in [0.717, 1.165) is 18.5 Å². The van der Waals surface area contributed by atoms with Gasteiger partial charge in [-0.15, -0.1) is 0 Å². The number of rotatable bonds is 2. The van der Waals surface area contributed by atoms with Crippen LogP contribution in [0, 0.1) is 56.2 Å². The fourth-order valence-electron chi connectivity index (χ4n) is 5.11. The van der Waals surface area contributed by atoms with Gasteiger partial charge in [0.2, 0.25) is 17.1 Å². The molecule has 2 aliphatic heterocycles. The Labute approximate surface area is 164 Å². The molecule has 0 radical (unpaired) electrons. The first-order valence-electron chi connectivity index (χ1n) is 9.37. The highest BCUT2D eigenvalue weighted by atomic mass is 16.7. The lowest BCUT2D eigenvalue weighted by molar-refractivity contribution is -0.294. The standard InChI is InChI=1S/C21H21N5O2/c1-26(2)15-8-6-14(7-9-15)17-19(11-22,12-23)20(13-24)16-5-3-4-10-21(16,27-17)28-18(20)25/h6-9,16-17,25H,3-5,10H2,1-2H3/t16-,17+,20-,21+/m0/s1. The van der Waals surface area contributed by atoms with Crippen molar-refractivity contribution in [1.29, 1.82) is 21.2 Å². The molecule has 1 N–H and O–H groups in total. The number of nitrogens with one attached hydrogen (secondary N) is 1. The Morgan fingerprint density at radius 2 is 1.75 bits per heavy atom. The molecule has 1 aromatic carbocycles. The van der Waals surface area contributed by atoms with Crippen LogP contribution in [0.25, 0.3) is 0 Å². The number of nitriles is 3. The number of ether oxygens (including phenoxy) is 2. The van der Waals surface area contributed by atoms with E-state index < -0.39 is 28.6 Å². The van der Waals surface area contributed by atoms with Gasteiger partial charge in [-0.1, -0.05) is 18.6 Å². The van der Waals surface area contributed by atoms with Crippen molar-refractivity contribution in [3.63, 3.8) is 0 Å². The van der Waals surface area contributed by atoms with Crippen molar-refractivity contribution >= 4 is 11.6 Å². The molecular formula is C21H21N5O2. The van der Waals surface area contributed by atoms with Crippen LogP contribution in [0.2, 0.25) is 0 Å². The van der Waals surface area contributed by atoms with Crippen LogP contribution in [-0.2, 0) is 9.47 Å². The summed E-state index contributed by atoms with van der Waals surface area (Å²) in [6.07, 6.45) is 1.86. The summed E-state index contributed by atoms with van der Waals surface area (Å²) in [5, 5.41) is 39.1. The van der Waals surface area contributed by atoms with Crippen LogP contribution in [0.4, 0.5) is 5.69 Å². The maximum absolute atomic E-state index is 10.2. The Morgan fingerprint density at radius 1 is 1.07 bits per heavy atom. The molecule has 4 atom stereocenters. The predicted molar refractivity (Wildman–Crippen MR) is 99.8 cm³/mol. The summed E-state index contributed by atoms with van der Waals surface area (Å²) in [6.45, 7) is 0. The number of nitrogens with zero attached hydrogens (tertiary/aromatic N) is 4. The van der Waals surface area contributed by atoms with Crippen molar-refractivity contribution < 1.29 is 9.47 Å². The van der Waals surface area contributed by atoms with Crippen LogP contribution in [0.5, 0.6) is 0 Å². The van der Waals surface area contributed by atoms with Gasteiger partial charge in [0.15, 0.2) is 5.41 Å². The minimum atomic E-state index is -1.86. The molecule has 0 unspecified atom stereocenters. The molecule has 7 nitrogen and oxygen atoms in total. The number of benzene rings is 1. The summed E-state index contributed by atoms with van der Waals surface area (Å²) in [4.78, 5) is 1.95. The van der Waals surface area contributed by atoms with Crippen molar-refractivity contribution in [1.82, 2.24) is 0 Å². The molecule has 3 fully saturated rings. The summed E-state index contributed by atoms with van der Waals surface area (Å²) in [7, 11) is 3.85. The van der Waals surface area contributed by atoms with Gasteiger partial charge in [0, 0.05) is 26.2 Å². The summed E-state index contributed by atoms with van der Waals surface area (Å²) in [5.74, 6) is -1.92. The van der Waals surface area contributed by atoms with E-state index in [0.29, 0.717) is 18.4 Å². The minimum Gasteiger partial charge on any atom is -0.447 e. The van der Waals surface area contributed by atoms with Crippen molar-refractivity contribution in [3.05, 3.63) is 29.8 Å². The third-order valence-electron chi connectivity index (χ3n) is 6.53. The van der Waals surface area contributed by atoms with Crippen LogP contribution in [-0.4, -0.2) is 25.8 Å². The minimum absolute atomic E-state index is 0.308. The quantitative estimate of drug-likeness (QED) is 0.848. The lowest BCUT2D eigenvalue weighted by Gasteiger charge is -2.51. The molecule has 4 rings (SSSR count). The highest BCUT2D eigenvalue weighted by Gasteiger charge is 2.80. The van der Waals surface area contributed by atoms with Gasteiger partial charge in [-0.25, -0.2) is 0 Å². The Bertz CT molecular complexity index is 937. The summed E-state index contributed by atoms with van der Waals surface area (Å²) >= 11 is 0. The predicted octanol–water partition coefficient (Wildman–Crippen LogP) is 3.26. The molecule has 0 aromatic heterocycles. The maximum atomic E-state index is 10.2.